The molecule has 5 aromatic rings. The number of amides is 1. The summed E-state index contributed by atoms with van der Waals surface area (Å²) in [5.74, 6) is 1.10. The predicted octanol–water partition coefficient (Wildman–Crippen LogP) is 6.96. The monoisotopic (exact) mass is 848 g/mol. The molecule has 3 saturated heterocycles. The predicted molar refractivity (Wildman–Crippen MR) is 214 cm³/mol. The molecule has 5 heterocycles. The van der Waals surface area contributed by atoms with Crippen LogP contribution in [0.3, 0.4) is 0 Å². The Bertz CT molecular complexity index is 2190. The zero-order valence-electron chi connectivity index (χ0n) is 32.1. The number of fused-ring (bicyclic) bond motifs is 3. The van der Waals surface area contributed by atoms with Crippen LogP contribution >= 0.6 is 23.2 Å². The van der Waals surface area contributed by atoms with E-state index in [4.69, 9.17) is 61.2 Å². The van der Waals surface area contributed by atoms with Gasteiger partial charge < -0.3 is 43.7 Å². The van der Waals surface area contributed by atoms with E-state index in [0.29, 0.717) is 39.0 Å². The summed E-state index contributed by atoms with van der Waals surface area (Å²) in [5.41, 5.74) is 2.51. The molecule has 3 aliphatic rings. The second-order valence-corrected chi connectivity index (χ2v) is 14.5. The fourth-order valence-corrected chi connectivity index (χ4v) is 7.72. The Morgan fingerprint density at radius 1 is 0.983 bits per heavy atom. The molecule has 17 heteroatoms. The van der Waals surface area contributed by atoms with Crippen LogP contribution in [0.1, 0.15) is 63.6 Å². The molecule has 0 aliphatic carbocycles. The molecule has 59 heavy (non-hydrogen) atoms. The third-order valence-electron chi connectivity index (χ3n) is 10.0. The first-order valence-electron chi connectivity index (χ1n) is 18.6. The zero-order valence-corrected chi connectivity index (χ0v) is 33.6. The van der Waals surface area contributed by atoms with Crippen LogP contribution in [0, 0.1) is 11.1 Å². The standard InChI is InChI=1S/C41H40Cl2N4O9.CH2O2/c1-51-34-12-11-27(18-36(34)52-2)35(19-30-31(42)20-47(50)21-32(30)43)55-40(48)33-23-54-38(44-33)24-53-29-10-6-9-28(17-29)39(26-7-4-3-5-8-26)45-41(49)56-37-22-46-15-13-25(37)14-16-46;2-1-3/h3-12,17-18,20-21,23,25,35,37,39H,13-16,19,22,24H2,1-2H3,(H,45,49);1H,(H,2,3)/t35-,37-,39-;/m0./s1. The lowest BCUT2D eigenvalue weighted by Gasteiger charge is -2.43. The van der Waals surface area contributed by atoms with E-state index in [0.717, 1.165) is 43.6 Å². The maximum absolute atomic E-state index is 13.5. The fourth-order valence-electron chi connectivity index (χ4n) is 7.12. The van der Waals surface area contributed by atoms with E-state index in [1.54, 1.807) is 24.3 Å². The molecule has 8 rings (SSSR count). The molecule has 2 N–H and O–H groups in total. The number of hydrogen-bond acceptors (Lipinski definition) is 12. The molecule has 0 saturated carbocycles. The van der Waals surface area contributed by atoms with Crippen molar-refractivity contribution < 1.29 is 52.3 Å². The van der Waals surface area contributed by atoms with Crippen molar-refractivity contribution in [1.82, 2.24) is 15.2 Å². The maximum atomic E-state index is 13.5. The van der Waals surface area contributed by atoms with Gasteiger partial charge in [-0.1, -0.05) is 71.7 Å². The van der Waals surface area contributed by atoms with Gasteiger partial charge in [-0.15, -0.1) is 0 Å². The number of rotatable bonds is 14. The van der Waals surface area contributed by atoms with E-state index in [-0.39, 0.29) is 47.2 Å². The third-order valence-corrected chi connectivity index (χ3v) is 10.7. The van der Waals surface area contributed by atoms with Crippen molar-refractivity contribution in [3.63, 3.8) is 0 Å². The van der Waals surface area contributed by atoms with Gasteiger partial charge in [-0.05, 0) is 72.8 Å². The van der Waals surface area contributed by atoms with E-state index in [2.05, 4.69) is 15.2 Å². The van der Waals surface area contributed by atoms with Crippen LogP contribution in [0.15, 0.2) is 95.9 Å². The Balaban J connectivity index is 0.00000189. The summed E-state index contributed by atoms with van der Waals surface area (Å²) < 4.78 is 34.9. The molecule has 1 amide bonds. The molecule has 2 aromatic heterocycles. The average molecular weight is 850 g/mol. The zero-order chi connectivity index (χ0) is 41.9. The highest BCUT2D eigenvalue weighted by Gasteiger charge is 2.37. The van der Waals surface area contributed by atoms with E-state index < -0.39 is 24.2 Å². The number of nitrogens with one attached hydrogen (secondary N) is 1. The number of aromatic nitrogens is 2. The summed E-state index contributed by atoms with van der Waals surface area (Å²) in [6, 6.07) is 21.5. The van der Waals surface area contributed by atoms with Gasteiger partial charge in [-0.2, -0.15) is 4.73 Å². The summed E-state index contributed by atoms with van der Waals surface area (Å²) in [7, 11) is 3.00. The van der Waals surface area contributed by atoms with Gasteiger partial charge >= 0.3 is 12.1 Å². The van der Waals surface area contributed by atoms with Crippen LogP contribution in [0.4, 0.5) is 4.79 Å². The number of carbonyl (C=O) groups excluding carboxylic acids is 2. The van der Waals surface area contributed by atoms with Crippen LogP contribution in [0.2, 0.25) is 10.0 Å². The minimum Gasteiger partial charge on any atom is -0.619 e. The van der Waals surface area contributed by atoms with Gasteiger partial charge in [0.05, 0.1) is 20.3 Å². The van der Waals surface area contributed by atoms with E-state index >= 15 is 0 Å². The molecular weight excluding hydrogens is 807 g/mol. The van der Waals surface area contributed by atoms with Crippen molar-refractivity contribution in [3.8, 4) is 17.2 Å². The number of esters is 1. The summed E-state index contributed by atoms with van der Waals surface area (Å²) in [6.45, 7) is 2.51. The summed E-state index contributed by atoms with van der Waals surface area (Å²) in [4.78, 5) is 41.8. The fraction of sp³-hybridized carbons (Fsp3) is 0.310. The molecule has 3 atom stereocenters. The smallest absolute Gasteiger partial charge is 0.408 e. The first kappa shape index (κ1) is 42.6. The lowest BCUT2D eigenvalue weighted by atomic mass is 9.86. The van der Waals surface area contributed by atoms with Crippen LogP contribution in [0.25, 0.3) is 0 Å². The summed E-state index contributed by atoms with van der Waals surface area (Å²) in [5, 5.41) is 22.1. The summed E-state index contributed by atoms with van der Waals surface area (Å²) in [6.07, 6.45) is 4.09. The lowest BCUT2D eigenvalue weighted by molar-refractivity contribution is -0.605. The summed E-state index contributed by atoms with van der Waals surface area (Å²) >= 11 is 12.8. The third kappa shape index (κ3) is 10.9. The lowest BCUT2D eigenvalue weighted by Crippen LogP contribution is -2.52. The minimum atomic E-state index is -0.932. The average Bonchev–Trinajstić information content (AvgIpc) is 3.73. The van der Waals surface area contributed by atoms with E-state index in [1.807, 2.05) is 48.5 Å². The van der Waals surface area contributed by atoms with Crippen LogP contribution in [0.5, 0.6) is 17.2 Å². The highest BCUT2D eigenvalue weighted by Crippen LogP contribution is 2.36. The normalized spacial score (nSPS) is 17.7. The SMILES string of the molecule is COc1ccc([C@H](Cc2c(Cl)c[n+]([O-])cc2Cl)OC(=O)c2coc(COc3cccc([C@@H](NC(=O)O[C@H]4CN5CCC4CC5)c4ccccc4)c3)n2)cc1OC.O=CO. The van der Waals surface area contributed by atoms with Gasteiger partial charge in [0.15, 0.2) is 36.2 Å². The van der Waals surface area contributed by atoms with Crippen molar-refractivity contribution in [2.24, 2.45) is 5.92 Å². The Morgan fingerprint density at radius 2 is 1.68 bits per heavy atom. The number of methoxy groups -OCH3 is 2. The number of oxazole rings is 1. The topological polar surface area (TPSA) is 186 Å². The van der Waals surface area contributed by atoms with E-state index in [9.17, 15) is 14.8 Å². The number of benzene rings is 3. The quantitative estimate of drug-likeness (QED) is 0.0506. The Hall–Kier alpha value is -6.03. The second-order valence-electron chi connectivity index (χ2n) is 13.7. The van der Waals surface area contributed by atoms with Gasteiger partial charge in [-0.3, -0.25) is 9.69 Å². The van der Waals surface area contributed by atoms with Crippen molar-refractivity contribution in [1.29, 1.82) is 0 Å². The number of piperidine rings is 3. The van der Waals surface area contributed by atoms with Crippen molar-refractivity contribution in [3.05, 3.63) is 141 Å². The number of pyridine rings is 1. The second kappa shape index (κ2) is 20.1. The van der Waals surface area contributed by atoms with E-state index in [1.165, 1.54) is 32.9 Å². The maximum Gasteiger partial charge on any atom is 0.408 e. The highest BCUT2D eigenvalue weighted by atomic mass is 35.5. The largest absolute Gasteiger partial charge is 0.619 e. The number of alkyl carbamates (subject to hydrolysis) is 1. The molecule has 2 bridgehead atoms. The molecule has 310 valence electrons. The van der Waals surface area contributed by atoms with Crippen LogP contribution in [-0.2, 0) is 27.3 Å². The minimum absolute atomic E-state index is 0.0279. The highest BCUT2D eigenvalue weighted by molar-refractivity contribution is 6.35. The number of ether oxygens (including phenoxy) is 5. The van der Waals surface area contributed by atoms with Gasteiger partial charge in [0.25, 0.3) is 6.47 Å². The first-order valence-corrected chi connectivity index (χ1v) is 19.3. The molecule has 3 aromatic carbocycles. The number of carbonyl (C=O) groups is 3. The van der Waals surface area contributed by atoms with Crippen molar-refractivity contribution in [2.45, 2.75) is 44.1 Å². The van der Waals surface area contributed by atoms with Crippen LogP contribution in [-0.4, -0.2) is 73.5 Å². The number of carboxylic acid groups (broad SMARTS) is 1. The van der Waals surface area contributed by atoms with Crippen molar-refractivity contribution in [2.75, 3.05) is 33.9 Å². The van der Waals surface area contributed by atoms with Gasteiger partial charge in [0.2, 0.25) is 5.89 Å². The Morgan fingerprint density at radius 3 is 2.34 bits per heavy atom. The molecule has 3 aliphatic heterocycles. The Labute approximate surface area is 349 Å². The van der Waals surface area contributed by atoms with Crippen LogP contribution < -0.4 is 24.3 Å². The molecule has 0 radical (unpaired) electrons. The molecule has 0 unspecified atom stereocenters. The van der Waals surface area contributed by atoms with Gasteiger partial charge in [0, 0.05) is 18.5 Å². The van der Waals surface area contributed by atoms with Gasteiger partial charge in [0.1, 0.15) is 34.3 Å². The molecule has 0 spiro atoms. The first-order chi connectivity index (χ1) is 28.6. The molecule has 3 fully saturated rings. The van der Waals surface area contributed by atoms with Gasteiger partial charge in [-0.25, -0.2) is 14.6 Å². The number of nitrogens with zero attached hydrogens (tertiary/aromatic N) is 3. The Kier molecular flexibility index (Phi) is 14.5. The number of halogens is 2. The number of hydrogen-bond donors (Lipinski definition) is 2. The molecular formula is C42H42Cl2N4O11. The molecule has 15 nitrogen and oxygen atoms in total. The van der Waals surface area contributed by atoms with Crippen molar-refractivity contribution >= 4 is 41.7 Å².